The summed E-state index contributed by atoms with van der Waals surface area (Å²) >= 11 is 6.00. The summed E-state index contributed by atoms with van der Waals surface area (Å²) in [5.41, 5.74) is 2.86. The maximum atomic E-state index is 13.8. The molecule has 0 heterocycles. The van der Waals surface area contributed by atoms with Crippen LogP contribution in [-0.4, -0.2) is 30.7 Å². The summed E-state index contributed by atoms with van der Waals surface area (Å²) in [4.78, 5) is 24.8. The van der Waals surface area contributed by atoms with E-state index in [0.717, 1.165) is 0 Å². The van der Waals surface area contributed by atoms with Crippen LogP contribution < -0.4 is 15.5 Å². The molecule has 0 fully saturated rings. The summed E-state index contributed by atoms with van der Waals surface area (Å²) in [5, 5.41) is 6.99. The first kappa shape index (κ1) is 22.4. The van der Waals surface area contributed by atoms with Gasteiger partial charge in [0.2, 0.25) is 0 Å². The first-order chi connectivity index (χ1) is 13.8. The number of nitrogens with zero attached hydrogens (tertiary/aromatic N) is 1. The van der Waals surface area contributed by atoms with Crippen LogP contribution in [0.5, 0.6) is 5.75 Å². The number of hydrogen-bond donors (Lipinski definition) is 2. The average molecular weight is 420 g/mol. The quantitative estimate of drug-likeness (QED) is 0.504. The molecule has 0 aliphatic carbocycles. The minimum absolute atomic E-state index is 0.130. The van der Waals surface area contributed by atoms with Crippen molar-refractivity contribution in [3.05, 3.63) is 64.4 Å². The Morgan fingerprint density at radius 2 is 1.97 bits per heavy atom. The van der Waals surface area contributed by atoms with Crippen LogP contribution in [0, 0.1) is 11.7 Å². The van der Waals surface area contributed by atoms with Gasteiger partial charge in [0.05, 0.1) is 18.4 Å². The van der Waals surface area contributed by atoms with E-state index < -0.39 is 23.7 Å². The van der Waals surface area contributed by atoms with Gasteiger partial charge in [-0.2, -0.15) is 5.10 Å². The van der Waals surface area contributed by atoms with Crippen LogP contribution in [0.3, 0.4) is 0 Å². The van der Waals surface area contributed by atoms with Crippen LogP contribution >= 0.6 is 11.6 Å². The van der Waals surface area contributed by atoms with E-state index in [1.807, 2.05) is 6.92 Å². The highest BCUT2D eigenvalue weighted by Gasteiger charge is 2.25. The number of hydrogen-bond acceptors (Lipinski definition) is 4. The van der Waals surface area contributed by atoms with Gasteiger partial charge in [-0.15, -0.1) is 0 Å². The lowest BCUT2D eigenvalue weighted by Gasteiger charge is -2.20. The van der Waals surface area contributed by atoms with E-state index in [9.17, 15) is 14.0 Å². The van der Waals surface area contributed by atoms with E-state index in [2.05, 4.69) is 15.8 Å². The number of benzene rings is 2. The van der Waals surface area contributed by atoms with Gasteiger partial charge in [0.15, 0.2) is 0 Å². The van der Waals surface area contributed by atoms with E-state index in [1.54, 1.807) is 38.1 Å². The molecule has 0 saturated heterocycles. The van der Waals surface area contributed by atoms with Crippen LogP contribution in [-0.2, 0) is 4.79 Å². The van der Waals surface area contributed by atoms with Crippen LogP contribution in [0.15, 0.2) is 47.6 Å². The van der Waals surface area contributed by atoms with Gasteiger partial charge in [-0.1, -0.05) is 37.6 Å². The molecule has 2 N–H and O–H groups in total. The molecule has 2 aromatic carbocycles. The van der Waals surface area contributed by atoms with Crippen LogP contribution in [0.25, 0.3) is 0 Å². The normalized spacial score (nSPS) is 12.1. The Kier molecular flexibility index (Phi) is 8.15. The number of rotatable bonds is 8. The minimum atomic E-state index is -0.898. The molecule has 8 heteroatoms. The summed E-state index contributed by atoms with van der Waals surface area (Å²) in [6.45, 7) is 5.84. The molecule has 2 aromatic rings. The summed E-state index contributed by atoms with van der Waals surface area (Å²) < 4.78 is 19.3. The topological polar surface area (TPSA) is 79.8 Å². The molecule has 29 heavy (non-hydrogen) atoms. The standard InChI is InChI=1S/C21H23ClFN3O3/c1-4-29-18-10-9-15(22)11-14(18)12-24-26-21(28)19(13(2)3)25-20(27)16-7-5-6-8-17(16)23/h5-13,19H,4H2,1-3H3,(H,25,27)(H,26,28)/b24-12+. The molecule has 0 aromatic heterocycles. The second-order valence-corrected chi connectivity index (χ2v) is 6.96. The van der Waals surface area contributed by atoms with Crippen LogP contribution in [0.2, 0.25) is 5.02 Å². The third-order valence-electron chi connectivity index (χ3n) is 4.00. The Hall–Kier alpha value is -2.93. The first-order valence-electron chi connectivity index (χ1n) is 9.14. The Bertz CT molecular complexity index is 902. The van der Waals surface area contributed by atoms with Crippen LogP contribution in [0.4, 0.5) is 4.39 Å². The molecule has 0 aliphatic rings. The molecule has 0 bridgehead atoms. The number of carbonyl (C=O) groups excluding carboxylic acids is 2. The summed E-state index contributed by atoms with van der Waals surface area (Å²) in [6.07, 6.45) is 1.41. The molecular weight excluding hydrogens is 397 g/mol. The highest BCUT2D eigenvalue weighted by Crippen LogP contribution is 2.21. The second-order valence-electron chi connectivity index (χ2n) is 6.52. The first-order valence-corrected chi connectivity index (χ1v) is 9.52. The zero-order valence-electron chi connectivity index (χ0n) is 16.4. The van der Waals surface area contributed by atoms with E-state index in [1.165, 1.54) is 24.4 Å². The molecule has 0 radical (unpaired) electrons. The van der Waals surface area contributed by atoms with Crippen molar-refractivity contribution in [2.24, 2.45) is 11.0 Å². The molecular formula is C21H23ClFN3O3. The number of carbonyl (C=O) groups is 2. The second kappa shape index (κ2) is 10.6. The van der Waals surface area contributed by atoms with Crippen molar-refractivity contribution < 1.29 is 18.7 Å². The van der Waals surface area contributed by atoms with Crippen LogP contribution in [0.1, 0.15) is 36.7 Å². The third kappa shape index (κ3) is 6.29. The van der Waals surface area contributed by atoms with Gasteiger partial charge in [-0.3, -0.25) is 9.59 Å². The fourth-order valence-corrected chi connectivity index (χ4v) is 2.72. The van der Waals surface area contributed by atoms with E-state index in [0.29, 0.717) is 22.9 Å². The summed E-state index contributed by atoms with van der Waals surface area (Å²) in [5.74, 6) is -1.53. The van der Waals surface area contributed by atoms with E-state index in [4.69, 9.17) is 16.3 Å². The zero-order valence-corrected chi connectivity index (χ0v) is 17.2. The Labute approximate surface area is 174 Å². The highest BCUT2D eigenvalue weighted by atomic mass is 35.5. The van der Waals surface area contributed by atoms with Crippen molar-refractivity contribution in [3.63, 3.8) is 0 Å². The monoisotopic (exact) mass is 419 g/mol. The molecule has 1 atom stereocenters. The van der Waals surface area contributed by atoms with Crippen molar-refractivity contribution in [3.8, 4) is 5.75 Å². The van der Waals surface area contributed by atoms with Gasteiger partial charge in [-0.05, 0) is 43.2 Å². The van der Waals surface area contributed by atoms with Crippen molar-refractivity contribution in [1.29, 1.82) is 0 Å². The lowest BCUT2D eigenvalue weighted by Crippen LogP contribution is -2.48. The SMILES string of the molecule is CCOc1ccc(Cl)cc1/C=N/NC(=O)C(NC(=O)c1ccccc1F)C(C)C. The smallest absolute Gasteiger partial charge is 0.262 e. The summed E-state index contributed by atoms with van der Waals surface area (Å²) in [7, 11) is 0. The van der Waals surface area contributed by atoms with Gasteiger partial charge in [-0.25, -0.2) is 9.82 Å². The molecule has 0 spiro atoms. The Balaban J connectivity index is 2.09. The molecule has 0 saturated carbocycles. The van der Waals surface area contributed by atoms with Crippen molar-refractivity contribution in [1.82, 2.24) is 10.7 Å². The number of halogens is 2. The van der Waals surface area contributed by atoms with Gasteiger partial charge in [0.25, 0.3) is 11.8 Å². The van der Waals surface area contributed by atoms with Gasteiger partial charge in [0.1, 0.15) is 17.6 Å². The maximum absolute atomic E-state index is 13.8. The van der Waals surface area contributed by atoms with Crippen molar-refractivity contribution in [2.45, 2.75) is 26.8 Å². The number of hydrazone groups is 1. The molecule has 6 nitrogen and oxygen atoms in total. The summed E-state index contributed by atoms with van der Waals surface area (Å²) in [6, 6.07) is 9.73. The fraction of sp³-hybridized carbons (Fsp3) is 0.286. The van der Waals surface area contributed by atoms with Gasteiger partial charge < -0.3 is 10.1 Å². The number of amides is 2. The highest BCUT2D eigenvalue weighted by molar-refractivity contribution is 6.30. The predicted molar refractivity (Wildman–Crippen MR) is 111 cm³/mol. The number of ether oxygens (including phenoxy) is 1. The third-order valence-corrected chi connectivity index (χ3v) is 4.24. The van der Waals surface area contributed by atoms with E-state index in [-0.39, 0.29) is 11.5 Å². The van der Waals surface area contributed by atoms with E-state index >= 15 is 0 Å². The number of nitrogens with one attached hydrogen (secondary N) is 2. The fourth-order valence-electron chi connectivity index (χ4n) is 2.54. The Morgan fingerprint density at radius 1 is 1.24 bits per heavy atom. The zero-order chi connectivity index (χ0) is 21.4. The molecule has 0 aliphatic heterocycles. The Morgan fingerprint density at radius 3 is 2.62 bits per heavy atom. The lowest BCUT2D eigenvalue weighted by atomic mass is 10.0. The van der Waals surface area contributed by atoms with Gasteiger partial charge in [0, 0.05) is 10.6 Å². The van der Waals surface area contributed by atoms with Crippen molar-refractivity contribution in [2.75, 3.05) is 6.61 Å². The minimum Gasteiger partial charge on any atom is -0.493 e. The van der Waals surface area contributed by atoms with Gasteiger partial charge >= 0.3 is 0 Å². The van der Waals surface area contributed by atoms with Crippen molar-refractivity contribution >= 4 is 29.6 Å². The molecule has 154 valence electrons. The average Bonchev–Trinajstić information content (AvgIpc) is 2.68. The lowest BCUT2D eigenvalue weighted by molar-refractivity contribution is -0.123. The predicted octanol–water partition coefficient (Wildman–Crippen LogP) is 3.78. The maximum Gasteiger partial charge on any atom is 0.262 e. The largest absolute Gasteiger partial charge is 0.493 e. The molecule has 1 unspecified atom stereocenters. The molecule has 2 amide bonds. The molecule has 2 rings (SSSR count).